The highest BCUT2D eigenvalue weighted by atomic mass is 32.2. The summed E-state index contributed by atoms with van der Waals surface area (Å²) in [6.45, 7) is 4.06. The van der Waals surface area contributed by atoms with E-state index in [4.69, 9.17) is 0 Å². The molecule has 1 aliphatic heterocycles. The van der Waals surface area contributed by atoms with Gasteiger partial charge in [0, 0.05) is 24.9 Å². The first-order chi connectivity index (χ1) is 6.81. The lowest BCUT2D eigenvalue weighted by atomic mass is 10.3. The van der Waals surface area contributed by atoms with Crippen molar-refractivity contribution in [3.8, 4) is 0 Å². The van der Waals surface area contributed by atoms with Crippen molar-refractivity contribution in [2.45, 2.75) is 31.1 Å². The van der Waals surface area contributed by atoms with Crippen molar-refractivity contribution < 1.29 is 4.79 Å². The molecular formula is C10H18N2OS. The van der Waals surface area contributed by atoms with Crippen LogP contribution < -0.4 is 10.6 Å². The van der Waals surface area contributed by atoms with Crippen molar-refractivity contribution in [3.05, 3.63) is 0 Å². The maximum atomic E-state index is 11.7. The number of hydrogen-bond donors (Lipinski definition) is 2. The number of carbonyl (C=O) groups is 1. The molecule has 1 saturated heterocycles. The van der Waals surface area contributed by atoms with Crippen LogP contribution in [-0.2, 0) is 4.79 Å². The summed E-state index contributed by atoms with van der Waals surface area (Å²) in [5.74, 6) is 2.05. The number of rotatable bonds is 3. The van der Waals surface area contributed by atoms with Gasteiger partial charge in [0.25, 0.3) is 0 Å². The standard InChI is InChI=1S/C10H18N2OS/c1-2-7-5-8(7)12-10(13)9-6-11-3-4-14-9/h7-9,11H,2-6H2,1H3,(H,12,13). The molecule has 1 aliphatic carbocycles. The van der Waals surface area contributed by atoms with Crippen LogP contribution in [0.1, 0.15) is 19.8 Å². The molecule has 1 heterocycles. The minimum absolute atomic E-state index is 0.141. The Balaban J connectivity index is 1.72. The number of carbonyl (C=O) groups excluding carboxylic acids is 1. The molecule has 2 fully saturated rings. The van der Waals surface area contributed by atoms with Crippen LogP contribution in [-0.4, -0.2) is 36.0 Å². The molecule has 0 radical (unpaired) electrons. The van der Waals surface area contributed by atoms with Gasteiger partial charge in [0.1, 0.15) is 0 Å². The molecule has 80 valence electrons. The largest absolute Gasteiger partial charge is 0.352 e. The van der Waals surface area contributed by atoms with Crippen molar-refractivity contribution >= 4 is 17.7 Å². The van der Waals surface area contributed by atoms with E-state index in [1.165, 1.54) is 12.8 Å². The van der Waals surface area contributed by atoms with Gasteiger partial charge >= 0.3 is 0 Å². The molecule has 0 spiro atoms. The minimum Gasteiger partial charge on any atom is -0.352 e. The molecule has 2 rings (SSSR count). The monoisotopic (exact) mass is 214 g/mol. The zero-order chi connectivity index (χ0) is 9.97. The molecule has 14 heavy (non-hydrogen) atoms. The van der Waals surface area contributed by atoms with Gasteiger partial charge in [0.2, 0.25) is 5.91 Å². The van der Waals surface area contributed by atoms with Gasteiger partial charge in [-0.3, -0.25) is 4.79 Å². The van der Waals surface area contributed by atoms with Gasteiger partial charge in [-0.2, -0.15) is 0 Å². The number of thioether (sulfide) groups is 1. The Hall–Kier alpha value is -0.220. The first kappa shape index (κ1) is 10.3. The zero-order valence-corrected chi connectivity index (χ0v) is 9.40. The average Bonchev–Trinajstić information content (AvgIpc) is 2.98. The second-order valence-electron chi connectivity index (χ2n) is 4.08. The van der Waals surface area contributed by atoms with E-state index in [1.54, 1.807) is 11.8 Å². The third-order valence-electron chi connectivity index (χ3n) is 2.99. The van der Waals surface area contributed by atoms with Crippen LogP contribution >= 0.6 is 11.8 Å². The molecule has 1 saturated carbocycles. The van der Waals surface area contributed by atoms with Crippen LogP contribution in [0.15, 0.2) is 0 Å². The van der Waals surface area contributed by atoms with Gasteiger partial charge in [0.05, 0.1) is 5.25 Å². The number of hydrogen-bond acceptors (Lipinski definition) is 3. The van der Waals surface area contributed by atoms with E-state index in [0.717, 1.165) is 24.8 Å². The van der Waals surface area contributed by atoms with Crippen LogP contribution in [0.5, 0.6) is 0 Å². The van der Waals surface area contributed by atoms with Crippen molar-refractivity contribution in [2.24, 2.45) is 5.92 Å². The fourth-order valence-electron chi connectivity index (χ4n) is 1.89. The van der Waals surface area contributed by atoms with Crippen molar-refractivity contribution in [1.82, 2.24) is 10.6 Å². The summed E-state index contributed by atoms with van der Waals surface area (Å²) < 4.78 is 0. The second kappa shape index (κ2) is 4.53. The summed E-state index contributed by atoms with van der Waals surface area (Å²) >= 11 is 1.78. The smallest absolute Gasteiger partial charge is 0.234 e. The van der Waals surface area contributed by atoms with Gasteiger partial charge in [-0.15, -0.1) is 11.8 Å². The predicted octanol–water partition coefficient (Wildman–Crippen LogP) is 0.606. The topological polar surface area (TPSA) is 41.1 Å². The fourth-order valence-corrected chi connectivity index (χ4v) is 2.89. The summed E-state index contributed by atoms with van der Waals surface area (Å²) in [4.78, 5) is 11.7. The highest BCUT2D eigenvalue weighted by molar-refractivity contribution is 8.00. The summed E-state index contributed by atoms with van der Waals surface area (Å²) in [5, 5.41) is 6.52. The summed E-state index contributed by atoms with van der Waals surface area (Å²) in [7, 11) is 0. The average molecular weight is 214 g/mol. The third-order valence-corrected chi connectivity index (χ3v) is 4.22. The lowest BCUT2D eigenvalue weighted by Crippen LogP contribution is -2.44. The molecule has 0 bridgehead atoms. The van der Waals surface area contributed by atoms with Crippen LogP contribution in [0.3, 0.4) is 0 Å². The Kier molecular flexibility index (Phi) is 3.34. The van der Waals surface area contributed by atoms with E-state index in [1.807, 2.05) is 0 Å². The van der Waals surface area contributed by atoms with Gasteiger partial charge in [-0.25, -0.2) is 0 Å². The first-order valence-corrected chi connectivity index (χ1v) is 6.49. The van der Waals surface area contributed by atoms with Gasteiger partial charge in [-0.1, -0.05) is 13.3 Å². The number of amides is 1. The molecule has 2 N–H and O–H groups in total. The van der Waals surface area contributed by atoms with Crippen LogP contribution in [0.2, 0.25) is 0 Å². The highest BCUT2D eigenvalue weighted by Crippen LogP contribution is 2.33. The minimum atomic E-state index is 0.141. The van der Waals surface area contributed by atoms with Crippen LogP contribution in [0.4, 0.5) is 0 Å². The Morgan fingerprint density at radius 3 is 3.07 bits per heavy atom. The lowest BCUT2D eigenvalue weighted by Gasteiger charge is -2.21. The Bertz CT molecular complexity index is 216. The van der Waals surface area contributed by atoms with Gasteiger partial charge < -0.3 is 10.6 Å². The summed E-state index contributed by atoms with van der Waals surface area (Å²) in [6.07, 6.45) is 2.38. The molecule has 2 aliphatic rings. The molecule has 0 aromatic carbocycles. The molecule has 0 aromatic rings. The van der Waals surface area contributed by atoms with Crippen LogP contribution in [0, 0.1) is 5.92 Å². The SMILES string of the molecule is CCC1CC1NC(=O)C1CNCCS1. The van der Waals surface area contributed by atoms with E-state index in [-0.39, 0.29) is 11.2 Å². The molecule has 3 nitrogen and oxygen atoms in total. The maximum absolute atomic E-state index is 11.7. The fraction of sp³-hybridized carbons (Fsp3) is 0.900. The van der Waals surface area contributed by atoms with Gasteiger partial charge in [0.15, 0.2) is 0 Å². The molecule has 3 unspecified atom stereocenters. The first-order valence-electron chi connectivity index (χ1n) is 5.44. The normalized spacial score (nSPS) is 36.5. The summed E-state index contributed by atoms with van der Waals surface area (Å²) in [6, 6.07) is 0.482. The molecular weight excluding hydrogens is 196 g/mol. The predicted molar refractivity (Wildman–Crippen MR) is 59.4 cm³/mol. The Labute approximate surface area is 89.4 Å². The summed E-state index contributed by atoms with van der Waals surface area (Å²) in [5.41, 5.74) is 0. The molecule has 0 aromatic heterocycles. The van der Waals surface area contributed by atoms with Gasteiger partial charge in [-0.05, 0) is 12.3 Å². The van der Waals surface area contributed by atoms with Crippen molar-refractivity contribution in [1.29, 1.82) is 0 Å². The van der Waals surface area contributed by atoms with E-state index in [2.05, 4.69) is 17.6 Å². The third kappa shape index (κ3) is 2.42. The lowest BCUT2D eigenvalue weighted by molar-refractivity contribution is -0.120. The van der Waals surface area contributed by atoms with E-state index >= 15 is 0 Å². The maximum Gasteiger partial charge on any atom is 0.234 e. The van der Waals surface area contributed by atoms with E-state index < -0.39 is 0 Å². The Morgan fingerprint density at radius 2 is 2.50 bits per heavy atom. The molecule has 4 heteroatoms. The molecule has 1 amide bonds. The van der Waals surface area contributed by atoms with E-state index in [0.29, 0.717) is 6.04 Å². The van der Waals surface area contributed by atoms with E-state index in [9.17, 15) is 4.79 Å². The second-order valence-corrected chi connectivity index (χ2v) is 5.39. The number of nitrogens with one attached hydrogen (secondary N) is 2. The molecule has 3 atom stereocenters. The van der Waals surface area contributed by atoms with Crippen molar-refractivity contribution in [2.75, 3.05) is 18.8 Å². The highest BCUT2D eigenvalue weighted by Gasteiger charge is 2.37. The Morgan fingerprint density at radius 1 is 1.64 bits per heavy atom. The van der Waals surface area contributed by atoms with Crippen molar-refractivity contribution in [3.63, 3.8) is 0 Å². The van der Waals surface area contributed by atoms with Crippen LogP contribution in [0.25, 0.3) is 0 Å². The quantitative estimate of drug-likeness (QED) is 0.723. The zero-order valence-electron chi connectivity index (χ0n) is 8.58.